The van der Waals surface area contributed by atoms with Crippen LogP contribution in [0.1, 0.15) is 20.7 Å². The molecule has 0 aliphatic rings. The summed E-state index contributed by atoms with van der Waals surface area (Å²) in [6.07, 6.45) is 1.23. The van der Waals surface area contributed by atoms with Crippen molar-refractivity contribution in [2.45, 2.75) is 0 Å². The first-order valence-corrected chi connectivity index (χ1v) is 7.97. The van der Waals surface area contributed by atoms with E-state index in [9.17, 15) is 14.0 Å². The fraction of sp³-hybridized carbons (Fsp3) is 0. The number of amides is 1. The van der Waals surface area contributed by atoms with Gasteiger partial charge in [0.25, 0.3) is 5.91 Å². The average molecular weight is 382 g/mol. The van der Waals surface area contributed by atoms with E-state index in [1.807, 2.05) is 0 Å². The number of carbonyl (C=O) groups is 2. The molecule has 0 saturated carbocycles. The Kier molecular flexibility index (Phi) is 5.30. The van der Waals surface area contributed by atoms with Gasteiger partial charge in [-0.15, -0.1) is 0 Å². The molecule has 0 saturated heterocycles. The van der Waals surface area contributed by atoms with Crippen LogP contribution in [0.4, 0.5) is 27.4 Å². The highest BCUT2D eigenvalue weighted by atomic mass is 19.1. The zero-order chi connectivity index (χ0) is 20.1. The quantitative estimate of drug-likeness (QED) is 0.409. The molecule has 0 bridgehead atoms. The first-order chi connectivity index (χ1) is 13.4. The summed E-state index contributed by atoms with van der Waals surface area (Å²) < 4.78 is 12.9. The van der Waals surface area contributed by atoms with Gasteiger partial charge in [0.1, 0.15) is 17.8 Å². The molecule has 0 atom stereocenters. The number of hydrazine groups is 1. The maximum atomic E-state index is 12.9. The molecule has 142 valence electrons. The van der Waals surface area contributed by atoms with Gasteiger partial charge in [-0.1, -0.05) is 0 Å². The first kappa shape index (κ1) is 18.6. The molecular weight excluding hydrogens is 367 g/mol. The molecule has 0 aliphatic heterocycles. The molecule has 28 heavy (non-hydrogen) atoms. The van der Waals surface area contributed by atoms with Crippen LogP contribution in [-0.2, 0) is 0 Å². The topological polar surface area (TPSA) is 142 Å². The van der Waals surface area contributed by atoms with E-state index in [4.69, 9.17) is 10.8 Å². The Labute approximate surface area is 158 Å². The van der Waals surface area contributed by atoms with E-state index in [1.165, 1.54) is 42.7 Å². The van der Waals surface area contributed by atoms with Gasteiger partial charge < -0.3 is 16.2 Å². The number of hydrogen-bond donors (Lipinski definition) is 5. The number of anilines is 4. The standard InChI is InChI=1S/C18H15FN6O3/c19-12-5-1-10(2-6-12)17(26)25-24-16-14(20)15(21-9-22-16)23-13-7-3-11(4-8-13)18(27)28/h1-9H,20H2,(H,25,26)(H,27,28)(H2,21,22,23,24). The van der Waals surface area contributed by atoms with Crippen LogP contribution in [-0.4, -0.2) is 27.0 Å². The lowest BCUT2D eigenvalue weighted by atomic mass is 10.2. The fourth-order valence-electron chi connectivity index (χ4n) is 2.22. The third-order valence-corrected chi connectivity index (χ3v) is 3.68. The predicted molar refractivity (Wildman–Crippen MR) is 101 cm³/mol. The summed E-state index contributed by atoms with van der Waals surface area (Å²) in [4.78, 5) is 30.9. The van der Waals surface area contributed by atoms with Gasteiger partial charge in [0, 0.05) is 11.3 Å². The van der Waals surface area contributed by atoms with Gasteiger partial charge in [0.2, 0.25) is 0 Å². The third-order valence-electron chi connectivity index (χ3n) is 3.68. The van der Waals surface area contributed by atoms with Crippen LogP contribution in [0.5, 0.6) is 0 Å². The lowest BCUT2D eigenvalue weighted by molar-refractivity contribution is 0.0696. The molecule has 3 rings (SSSR count). The lowest BCUT2D eigenvalue weighted by Gasteiger charge is -2.13. The van der Waals surface area contributed by atoms with Crippen LogP contribution < -0.4 is 21.9 Å². The largest absolute Gasteiger partial charge is 0.478 e. The van der Waals surface area contributed by atoms with Crippen LogP contribution >= 0.6 is 0 Å². The van der Waals surface area contributed by atoms with Crippen molar-refractivity contribution in [3.05, 3.63) is 71.8 Å². The second-order valence-corrected chi connectivity index (χ2v) is 5.58. The molecule has 0 spiro atoms. The summed E-state index contributed by atoms with van der Waals surface area (Å²) in [6.45, 7) is 0. The summed E-state index contributed by atoms with van der Waals surface area (Å²) in [7, 11) is 0. The number of carboxylic acid groups (broad SMARTS) is 1. The Bertz CT molecular complexity index is 1010. The second kappa shape index (κ2) is 7.99. The maximum absolute atomic E-state index is 12.9. The van der Waals surface area contributed by atoms with Crippen molar-refractivity contribution < 1.29 is 19.1 Å². The second-order valence-electron chi connectivity index (χ2n) is 5.58. The molecule has 0 unspecified atom stereocenters. The van der Waals surface area contributed by atoms with E-state index < -0.39 is 17.7 Å². The smallest absolute Gasteiger partial charge is 0.335 e. The average Bonchev–Trinajstić information content (AvgIpc) is 2.69. The van der Waals surface area contributed by atoms with Crippen molar-refractivity contribution in [1.82, 2.24) is 15.4 Å². The highest BCUT2D eigenvalue weighted by Crippen LogP contribution is 2.25. The Balaban J connectivity index is 1.69. The number of carboxylic acids is 1. The molecule has 2 aromatic carbocycles. The van der Waals surface area contributed by atoms with Crippen LogP contribution in [0.3, 0.4) is 0 Å². The van der Waals surface area contributed by atoms with Crippen LogP contribution in [0.15, 0.2) is 54.9 Å². The van der Waals surface area contributed by atoms with E-state index in [0.717, 1.165) is 0 Å². The normalized spacial score (nSPS) is 10.2. The van der Waals surface area contributed by atoms with Crippen molar-refractivity contribution >= 4 is 34.9 Å². The van der Waals surface area contributed by atoms with Gasteiger partial charge in [-0.05, 0) is 48.5 Å². The van der Waals surface area contributed by atoms with Crippen LogP contribution in [0, 0.1) is 5.82 Å². The number of aromatic nitrogens is 2. The Hall–Kier alpha value is -4.21. The summed E-state index contributed by atoms with van der Waals surface area (Å²) in [5.74, 6) is -1.57. The Morgan fingerprint density at radius 3 is 2.18 bits per heavy atom. The summed E-state index contributed by atoms with van der Waals surface area (Å²) in [6, 6.07) is 11.0. The molecule has 1 heterocycles. The molecule has 3 aromatic rings. The van der Waals surface area contributed by atoms with Gasteiger partial charge in [0.05, 0.1) is 5.56 Å². The Morgan fingerprint density at radius 2 is 1.54 bits per heavy atom. The highest BCUT2D eigenvalue weighted by molar-refractivity contribution is 5.95. The Morgan fingerprint density at radius 1 is 0.929 bits per heavy atom. The zero-order valence-corrected chi connectivity index (χ0v) is 14.3. The van der Waals surface area contributed by atoms with E-state index >= 15 is 0 Å². The molecule has 1 amide bonds. The monoisotopic (exact) mass is 382 g/mol. The van der Waals surface area contributed by atoms with Crippen molar-refractivity contribution in [3.63, 3.8) is 0 Å². The molecular formula is C18H15FN6O3. The SMILES string of the molecule is Nc1c(NNC(=O)c2ccc(F)cc2)ncnc1Nc1ccc(C(=O)O)cc1. The maximum Gasteiger partial charge on any atom is 0.335 e. The molecule has 10 heteroatoms. The number of nitrogen functional groups attached to an aromatic ring is 1. The molecule has 1 aromatic heterocycles. The number of benzene rings is 2. The van der Waals surface area contributed by atoms with E-state index in [-0.39, 0.29) is 28.5 Å². The number of rotatable bonds is 6. The van der Waals surface area contributed by atoms with Gasteiger partial charge in [-0.2, -0.15) is 0 Å². The van der Waals surface area contributed by atoms with Gasteiger partial charge in [-0.3, -0.25) is 15.6 Å². The van der Waals surface area contributed by atoms with Gasteiger partial charge >= 0.3 is 5.97 Å². The van der Waals surface area contributed by atoms with Crippen LogP contribution in [0.2, 0.25) is 0 Å². The number of halogens is 1. The minimum absolute atomic E-state index is 0.129. The summed E-state index contributed by atoms with van der Waals surface area (Å²) >= 11 is 0. The predicted octanol–water partition coefficient (Wildman–Crippen LogP) is 2.40. The molecule has 0 radical (unpaired) electrons. The first-order valence-electron chi connectivity index (χ1n) is 7.97. The third kappa shape index (κ3) is 4.30. The number of nitrogens with two attached hydrogens (primary N) is 1. The molecule has 0 aliphatic carbocycles. The van der Waals surface area contributed by atoms with Crippen molar-refractivity contribution in [2.75, 3.05) is 16.5 Å². The van der Waals surface area contributed by atoms with Crippen molar-refractivity contribution in [3.8, 4) is 0 Å². The molecule has 0 fully saturated rings. The minimum Gasteiger partial charge on any atom is -0.478 e. The number of nitrogens with one attached hydrogen (secondary N) is 3. The molecule has 9 nitrogen and oxygen atoms in total. The molecule has 6 N–H and O–H groups in total. The number of nitrogens with zero attached hydrogens (tertiary/aromatic N) is 2. The summed E-state index contributed by atoms with van der Waals surface area (Å²) in [5.41, 5.74) is 12.1. The lowest BCUT2D eigenvalue weighted by Crippen LogP contribution is -2.30. The summed E-state index contributed by atoms with van der Waals surface area (Å²) in [5, 5.41) is 11.9. The number of carbonyl (C=O) groups excluding carboxylic acids is 1. The van der Waals surface area contributed by atoms with E-state index in [2.05, 4.69) is 26.1 Å². The van der Waals surface area contributed by atoms with Gasteiger partial charge in [0.15, 0.2) is 11.6 Å². The van der Waals surface area contributed by atoms with Gasteiger partial charge in [-0.25, -0.2) is 19.2 Å². The van der Waals surface area contributed by atoms with Crippen molar-refractivity contribution in [1.29, 1.82) is 0 Å². The number of hydrogen-bond acceptors (Lipinski definition) is 7. The number of aromatic carboxylic acids is 1. The highest BCUT2D eigenvalue weighted by Gasteiger charge is 2.11. The zero-order valence-electron chi connectivity index (χ0n) is 14.3. The fourth-order valence-corrected chi connectivity index (χ4v) is 2.22. The van der Waals surface area contributed by atoms with E-state index in [0.29, 0.717) is 5.69 Å². The van der Waals surface area contributed by atoms with Crippen molar-refractivity contribution in [2.24, 2.45) is 0 Å². The van der Waals surface area contributed by atoms with Crippen LogP contribution in [0.25, 0.3) is 0 Å². The minimum atomic E-state index is -1.03. The van der Waals surface area contributed by atoms with E-state index in [1.54, 1.807) is 12.1 Å².